The van der Waals surface area contributed by atoms with Crippen LogP contribution in [0.3, 0.4) is 0 Å². The Morgan fingerprint density at radius 1 is 1.45 bits per heavy atom. The fourth-order valence-electron chi connectivity index (χ4n) is 2.72. The van der Waals surface area contributed by atoms with Crippen LogP contribution in [0, 0.1) is 5.92 Å². The molecule has 1 aliphatic heterocycles. The molecule has 5 nitrogen and oxygen atoms in total. The first-order valence-corrected chi connectivity index (χ1v) is 7.50. The topological polar surface area (TPSA) is 69.6 Å². The van der Waals surface area contributed by atoms with E-state index in [9.17, 15) is 14.7 Å². The van der Waals surface area contributed by atoms with Gasteiger partial charge in [0.15, 0.2) is 0 Å². The van der Waals surface area contributed by atoms with Crippen molar-refractivity contribution < 1.29 is 14.7 Å². The second kappa shape index (κ2) is 6.57. The summed E-state index contributed by atoms with van der Waals surface area (Å²) in [5.41, 5.74) is -0.258. The van der Waals surface area contributed by atoms with Crippen LogP contribution in [0.2, 0.25) is 0 Å². The molecule has 20 heavy (non-hydrogen) atoms. The van der Waals surface area contributed by atoms with Crippen LogP contribution in [-0.4, -0.2) is 46.1 Å². The fraction of sp³-hybridized carbons (Fsp3) is 0.867. The van der Waals surface area contributed by atoms with E-state index in [2.05, 4.69) is 5.32 Å². The van der Waals surface area contributed by atoms with Crippen LogP contribution in [0.4, 0.5) is 0 Å². The van der Waals surface area contributed by atoms with Gasteiger partial charge in [0.25, 0.3) is 0 Å². The molecule has 0 aromatic heterocycles. The minimum atomic E-state index is -0.827. The maximum Gasteiger partial charge on any atom is 0.321 e. The average molecular weight is 284 g/mol. The number of hydrogen-bond donors (Lipinski definition) is 2. The van der Waals surface area contributed by atoms with Gasteiger partial charge in [-0.1, -0.05) is 13.8 Å². The van der Waals surface area contributed by atoms with Crippen molar-refractivity contribution in [2.45, 2.75) is 71.5 Å². The Morgan fingerprint density at radius 3 is 2.55 bits per heavy atom. The third-order valence-electron chi connectivity index (χ3n) is 4.45. The summed E-state index contributed by atoms with van der Waals surface area (Å²) in [6, 6.07) is -0.973. The average Bonchev–Trinajstić information content (AvgIpc) is 2.36. The lowest BCUT2D eigenvalue weighted by atomic mass is 9.89. The fourth-order valence-corrected chi connectivity index (χ4v) is 2.72. The van der Waals surface area contributed by atoms with Gasteiger partial charge in [-0.3, -0.25) is 14.5 Å². The molecule has 1 amide bonds. The largest absolute Gasteiger partial charge is 0.480 e. The number of carbonyl (C=O) groups excluding carboxylic acids is 1. The third kappa shape index (κ3) is 3.95. The molecule has 3 atom stereocenters. The molecule has 116 valence electrons. The van der Waals surface area contributed by atoms with Crippen LogP contribution in [0.5, 0.6) is 0 Å². The van der Waals surface area contributed by atoms with E-state index in [1.54, 1.807) is 6.92 Å². The second-order valence-electron chi connectivity index (χ2n) is 6.54. The highest BCUT2D eigenvalue weighted by atomic mass is 16.4. The van der Waals surface area contributed by atoms with Gasteiger partial charge in [-0.25, -0.2) is 0 Å². The number of rotatable bonds is 5. The van der Waals surface area contributed by atoms with E-state index in [1.807, 2.05) is 32.6 Å². The van der Waals surface area contributed by atoms with Crippen molar-refractivity contribution in [3.05, 3.63) is 0 Å². The summed E-state index contributed by atoms with van der Waals surface area (Å²) in [7, 11) is 0. The Morgan fingerprint density at radius 2 is 2.05 bits per heavy atom. The normalized spacial score (nSPS) is 26.1. The molecule has 0 bridgehead atoms. The van der Waals surface area contributed by atoms with Gasteiger partial charge in [-0.15, -0.1) is 0 Å². The molecular weight excluding hydrogens is 256 g/mol. The Balaban J connectivity index is 2.80. The molecular formula is C15H28N2O3. The number of likely N-dealkylation sites (tertiary alicyclic amines) is 1. The number of carbonyl (C=O) groups is 2. The van der Waals surface area contributed by atoms with E-state index in [1.165, 1.54) is 0 Å². The number of aliphatic carboxylic acids is 1. The summed E-state index contributed by atoms with van der Waals surface area (Å²) in [5.74, 6) is -0.834. The van der Waals surface area contributed by atoms with Gasteiger partial charge in [-0.05, 0) is 52.5 Å². The zero-order valence-electron chi connectivity index (χ0n) is 13.3. The SMILES string of the molecule is CCC(C)(C)NC(=O)C(C)N1CCCC(C)C1C(=O)O. The lowest BCUT2D eigenvalue weighted by Crippen LogP contribution is -2.59. The van der Waals surface area contributed by atoms with Crippen LogP contribution in [0.25, 0.3) is 0 Å². The highest BCUT2D eigenvalue weighted by Gasteiger charge is 2.39. The summed E-state index contributed by atoms with van der Waals surface area (Å²) in [6.45, 7) is 10.4. The highest BCUT2D eigenvalue weighted by molar-refractivity contribution is 5.83. The monoisotopic (exact) mass is 284 g/mol. The van der Waals surface area contributed by atoms with Crippen molar-refractivity contribution in [2.75, 3.05) is 6.54 Å². The van der Waals surface area contributed by atoms with Gasteiger partial charge in [0.1, 0.15) is 6.04 Å². The molecule has 1 aliphatic rings. The molecule has 1 heterocycles. The lowest BCUT2D eigenvalue weighted by Gasteiger charge is -2.41. The van der Waals surface area contributed by atoms with Crippen LogP contribution >= 0.6 is 0 Å². The molecule has 1 saturated heterocycles. The van der Waals surface area contributed by atoms with E-state index in [0.29, 0.717) is 6.54 Å². The Labute approximate surface area is 121 Å². The van der Waals surface area contributed by atoms with Gasteiger partial charge in [0.05, 0.1) is 6.04 Å². The molecule has 0 spiro atoms. The molecule has 0 aromatic carbocycles. The van der Waals surface area contributed by atoms with Crippen molar-refractivity contribution >= 4 is 11.9 Å². The first kappa shape index (κ1) is 17.0. The predicted octanol–water partition coefficient (Wildman–Crippen LogP) is 1.86. The summed E-state index contributed by atoms with van der Waals surface area (Å²) in [4.78, 5) is 25.6. The smallest absolute Gasteiger partial charge is 0.321 e. The first-order chi connectivity index (χ1) is 9.19. The van der Waals surface area contributed by atoms with E-state index in [0.717, 1.165) is 19.3 Å². The molecule has 0 aliphatic carbocycles. The third-order valence-corrected chi connectivity index (χ3v) is 4.45. The lowest BCUT2D eigenvalue weighted by molar-refractivity contribution is -0.149. The van der Waals surface area contributed by atoms with Gasteiger partial charge in [0.2, 0.25) is 5.91 Å². The summed E-state index contributed by atoms with van der Waals surface area (Å²) in [5, 5.41) is 12.4. The number of carboxylic acid groups (broad SMARTS) is 1. The molecule has 3 unspecified atom stereocenters. The Hall–Kier alpha value is -1.10. The molecule has 5 heteroatoms. The van der Waals surface area contributed by atoms with Gasteiger partial charge >= 0.3 is 5.97 Å². The van der Waals surface area contributed by atoms with Crippen molar-refractivity contribution in [3.8, 4) is 0 Å². The van der Waals surface area contributed by atoms with Gasteiger partial charge in [-0.2, -0.15) is 0 Å². The zero-order chi connectivity index (χ0) is 15.5. The number of amides is 1. The van der Waals surface area contributed by atoms with Crippen LogP contribution in [0.1, 0.15) is 53.9 Å². The van der Waals surface area contributed by atoms with Crippen LogP contribution in [0.15, 0.2) is 0 Å². The number of nitrogens with zero attached hydrogens (tertiary/aromatic N) is 1. The van der Waals surface area contributed by atoms with Crippen molar-refractivity contribution in [3.63, 3.8) is 0 Å². The highest BCUT2D eigenvalue weighted by Crippen LogP contribution is 2.25. The summed E-state index contributed by atoms with van der Waals surface area (Å²) < 4.78 is 0. The minimum absolute atomic E-state index is 0.0793. The minimum Gasteiger partial charge on any atom is -0.480 e. The molecule has 2 N–H and O–H groups in total. The van der Waals surface area contributed by atoms with Crippen molar-refractivity contribution in [2.24, 2.45) is 5.92 Å². The van der Waals surface area contributed by atoms with E-state index in [4.69, 9.17) is 0 Å². The molecule has 0 saturated carbocycles. The maximum atomic E-state index is 12.3. The number of nitrogens with one attached hydrogen (secondary N) is 1. The number of carboxylic acids is 1. The van der Waals surface area contributed by atoms with Crippen LogP contribution < -0.4 is 5.32 Å². The van der Waals surface area contributed by atoms with Crippen molar-refractivity contribution in [1.82, 2.24) is 10.2 Å². The predicted molar refractivity (Wildman–Crippen MR) is 78.5 cm³/mol. The van der Waals surface area contributed by atoms with Crippen LogP contribution in [-0.2, 0) is 9.59 Å². The van der Waals surface area contributed by atoms with E-state index >= 15 is 0 Å². The standard InChI is InChI=1S/C15H28N2O3/c1-6-15(4,5)16-13(18)11(3)17-9-7-8-10(2)12(17)14(19)20/h10-12H,6-9H2,1-5H3,(H,16,18)(H,19,20). The van der Waals surface area contributed by atoms with Gasteiger partial charge < -0.3 is 10.4 Å². The molecule has 0 radical (unpaired) electrons. The second-order valence-corrected chi connectivity index (χ2v) is 6.54. The van der Waals surface area contributed by atoms with Gasteiger partial charge in [0, 0.05) is 5.54 Å². The Kier molecular flexibility index (Phi) is 5.57. The number of hydrogen-bond acceptors (Lipinski definition) is 3. The number of piperidine rings is 1. The summed E-state index contributed by atoms with van der Waals surface area (Å²) >= 11 is 0. The molecule has 1 fully saturated rings. The first-order valence-electron chi connectivity index (χ1n) is 7.50. The molecule has 1 rings (SSSR count). The Bertz CT molecular complexity index is 368. The van der Waals surface area contributed by atoms with E-state index in [-0.39, 0.29) is 17.4 Å². The zero-order valence-corrected chi connectivity index (χ0v) is 13.3. The quantitative estimate of drug-likeness (QED) is 0.808. The van der Waals surface area contributed by atoms with Crippen molar-refractivity contribution in [1.29, 1.82) is 0 Å². The summed E-state index contributed by atoms with van der Waals surface area (Å²) in [6.07, 6.45) is 2.69. The maximum absolute atomic E-state index is 12.3. The van der Waals surface area contributed by atoms with E-state index < -0.39 is 18.1 Å². The molecule has 0 aromatic rings.